The lowest BCUT2D eigenvalue weighted by atomic mass is 10.1. The van der Waals surface area contributed by atoms with Gasteiger partial charge in [-0.05, 0) is 74.6 Å². The van der Waals surface area contributed by atoms with Gasteiger partial charge in [0.2, 0.25) is 5.91 Å². The summed E-state index contributed by atoms with van der Waals surface area (Å²) in [5.74, 6) is -0.0915. The molecule has 216 valence electrons. The lowest BCUT2D eigenvalue weighted by Gasteiger charge is -2.25. The number of urea groups is 1. The van der Waals surface area contributed by atoms with E-state index in [0.717, 1.165) is 12.0 Å². The fourth-order valence-electron chi connectivity index (χ4n) is 4.68. The molecule has 0 spiro atoms. The largest absolute Gasteiger partial charge is 0.495 e. The third-order valence-corrected chi connectivity index (χ3v) is 7.31. The molecule has 1 heterocycles. The number of nitrogens with one attached hydrogen (secondary N) is 2. The fourth-order valence-corrected chi connectivity index (χ4v) is 4.86. The van der Waals surface area contributed by atoms with E-state index in [1.807, 2.05) is 19.0 Å². The first kappa shape index (κ1) is 29.7. The summed E-state index contributed by atoms with van der Waals surface area (Å²) >= 11 is 6.12. The summed E-state index contributed by atoms with van der Waals surface area (Å²) in [7, 11) is 5.47. The van der Waals surface area contributed by atoms with Gasteiger partial charge in [-0.2, -0.15) is 0 Å². The number of para-hydroxylation sites is 1. The Labute approximate surface area is 243 Å². The quantitative estimate of drug-likeness (QED) is 0.314. The monoisotopic (exact) mass is 580 g/mol. The minimum Gasteiger partial charge on any atom is -0.495 e. The van der Waals surface area contributed by atoms with Crippen molar-refractivity contribution in [2.24, 2.45) is 0 Å². The van der Waals surface area contributed by atoms with Gasteiger partial charge in [0.25, 0.3) is 0 Å². The maximum atomic E-state index is 13.5. The van der Waals surface area contributed by atoms with Gasteiger partial charge in [0.15, 0.2) is 0 Å². The van der Waals surface area contributed by atoms with E-state index in [4.69, 9.17) is 26.2 Å². The van der Waals surface area contributed by atoms with Crippen molar-refractivity contribution >= 4 is 40.9 Å². The molecule has 2 atom stereocenters. The molecule has 1 fully saturated rings. The van der Waals surface area contributed by atoms with Crippen LogP contribution in [0, 0.1) is 0 Å². The molecule has 1 aliphatic heterocycles. The lowest BCUT2D eigenvalue weighted by Crippen LogP contribution is -2.40. The van der Waals surface area contributed by atoms with Gasteiger partial charge in [0.05, 0.1) is 41.5 Å². The van der Waals surface area contributed by atoms with E-state index < -0.39 is 12.0 Å². The van der Waals surface area contributed by atoms with E-state index in [2.05, 4.69) is 15.5 Å². The first-order chi connectivity index (χ1) is 19.6. The van der Waals surface area contributed by atoms with E-state index in [-0.39, 0.29) is 36.6 Å². The molecule has 1 saturated heterocycles. The molecule has 0 unspecified atom stereocenters. The van der Waals surface area contributed by atoms with Crippen LogP contribution in [0.1, 0.15) is 22.3 Å². The molecule has 41 heavy (non-hydrogen) atoms. The van der Waals surface area contributed by atoms with Crippen LogP contribution in [0.25, 0.3) is 0 Å². The highest BCUT2D eigenvalue weighted by Crippen LogP contribution is 2.29. The van der Waals surface area contributed by atoms with Gasteiger partial charge in [-0.1, -0.05) is 29.8 Å². The van der Waals surface area contributed by atoms with Gasteiger partial charge in [-0.15, -0.1) is 0 Å². The zero-order valence-electron chi connectivity index (χ0n) is 23.1. The Morgan fingerprint density at radius 1 is 1.02 bits per heavy atom. The number of carbonyl (C=O) groups is 3. The number of carboxylic acids is 1. The maximum Gasteiger partial charge on any atom is 0.335 e. The minimum absolute atomic E-state index is 0.0524. The number of rotatable bonds is 10. The molecule has 10 nitrogen and oxygen atoms in total. The van der Waals surface area contributed by atoms with Crippen LogP contribution in [0.5, 0.6) is 11.5 Å². The summed E-state index contributed by atoms with van der Waals surface area (Å²) in [6.07, 6.45) is 0.894. The molecule has 11 heteroatoms. The molecular weight excluding hydrogens is 548 g/mol. The number of benzene rings is 3. The topological polar surface area (TPSA) is 120 Å². The Bertz CT molecular complexity index is 1400. The summed E-state index contributed by atoms with van der Waals surface area (Å²) in [6, 6.07) is 17.9. The second-order valence-corrected chi connectivity index (χ2v) is 10.4. The predicted octanol–water partition coefficient (Wildman–Crippen LogP) is 4.84. The molecule has 1 aliphatic rings. The summed E-state index contributed by atoms with van der Waals surface area (Å²) < 4.78 is 11.4. The normalized spacial score (nSPS) is 16.4. The Kier molecular flexibility index (Phi) is 9.69. The van der Waals surface area contributed by atoms with Crippen LogP contribution >= 0.6 is 11.6 Å². The highest BCUT2D eigenvalue weighted by molar-refractivity contribution is 6.33. The third kappa shape index (κ3) is 7.68. The number of amides is 3. The Balaban J connectivity index is 1.41. The van der Waals surface area contributed by atoms with Crippen LogP contribution in [0.15, 0.2) is 66.7 Å². The Hall–Kier alpha value is -4.28. The zero-order chi connectivity index (χ0) is 29.5. The van der Waals surface area contributed by atoms with Crippen LogP contribution in [-0.4, -0.2) is 79.3 Å². The second-order valence-electron chi connectivity index (χ2n) is 9.96. The van der Waals surface area contributed by atoms with Crippen LogP contribution in [0.2, 0.25) is 5.02 Å². The fraction of sp³-hybridized carbons (Fsp3) is 0.300. The zero-order valence-corrected chi connectivity index (χ0v) is 23.9. The van der Waals surface area contributed by atoms with Crippen molar-refractivity contribution in [1.82, 2.24) is 9.80 Å². The number of halogens is 1. The molecule has 3 N–H and O–H groups in total. The minimum atomic E-state index is -1.00. The van der Waals surface area contributed by atoms with Crippen LogP contribution in [0.3, 0.4) is 0 Å². The molecular formula is C30H33ClN4O6. The van der Waals surface area contributed by atoms with Gasteiger partial charge in [-0.25, -0.2) is 9.59 Å². The first-order valence-electron chi connectivity index (χ1n) is 13.1. The molecule has 3 aromatic carbocycles. The number of methoxy groups -OCH3 is 1. The third-order valence-electron chi connectivity index (χ3n) is 6.98. The van der Waals surface area contributed by atoms with Gasteiger partial charge >= 0.3 is 12.0 Å². The summed E-state index contributed by atoms with van der Waals surface area (Å²) in [5, 5.41) is 15.0. The molecule has 4 rings (SSSR count). The number of hydrogen-bond donors (Lipinski definition) is 3. The highest BCUT2D eigenvalue weighted by atomic mass is 35.5. The Morgan fingerprint density at radius 3 is 2.39 bits per heavy atom. The number of ether oxygens (including phenoxy) is 2. The Morgan fingerprint density at radius 2 is 1.73 bits per heavy atom. The van der Waals surface area contributed by atoms with Crippen molar-refractivity contribution in [2.45, 2.75) is 24.9 Å². The van der Waals surface area contributed by atoms with Crippen molar-refractivity contribution in [2.75, 3.05) is 45.0 Å². The van der Waals surface area contributed by atoms with Crippen molar-refractivity contribution in [1.29, 1.82) is 0 Å². The number of hydrogen-bond acceptors (Lipinski definition) is 6. The number of aromatic carboxylic acids is 1. The van der Waals surface area contributed by atoms with Crippen molar-refractivity contribution in [3.05, 3.63) is 82.9 Å². The molecule has 0 saturated carbocycles. The number of carbonyl (C=O) groups excluding carboxylic acids is 2. The molecule has 0 aliphatic carbocycles. The SMILES string of the molecule is COc1cc(CC(=O)N2C[C@@H](N(C)C)C[C@H]2COc2ccc(C(=O)O)cc2)ccc1NC(=O)Nc1ccccc1Cl. The van der Waals surface area contributed by atoms with Crippen LogP contribution in [-0.2, 0) is 11.2 Å². The standard InChI is InChI=1S/C30H33ClN4O6/c1-34(2)21-16-22(18-41-23-11-9-20(10-12-23)29(37)38)35(17-21)28(36)15-19-8-13-26(27(14-19)40-3)33-30(39)32-25-7-5-4-6-24(25)31/h4-14,21-22H,15-18H2,1-3H3,(H,37,38)(H2,32,33,39)/t21-,22-/m0/s1. The number of nitrogens with zero attached hydrogens (tertiary/aromatic N) is 2. The number of likely N-dealkylation sites (N-methyl/N-ethyl adjacent to an activating group) is 1. The number of anilines is 2. The van der Waals surface area contributed by atoms with E-state index in [1.54, 1.807) is 54.6 Å². The number of likely N-dealkylation sites (tertiary alicyclic amines) is 1. The molecule has 0 bridgehead atoms. The summed E-state index contributed by atoms with van der Waals surface area (Å²) in [4.78, 5) is 41.1. The van der Waals surface area contributed by atoms with Gasteiger partial charge in [0, 0.05) is 12.6 Å². The van der Waals surface area contributed by atoms with E-state index >= 15 is 0 Å². The smallest absolute Gasteiger partial charge is 0.335 e. The molecule has 3 amide bonds. The summed E-state index contributed by atoms with van der Waals surface area (Å²) in [6.45, 7) is 0.853. The van der Waals surface area contributed by atoms with Crippen molar-refractivity contribution < 1.29 is 29.0 Å². The lowest BCUT2D eigenvalue weighted by molar-refractivity contribution is -0.131. The summed E-state index contributed by atoms with van der Waals surface area (Å²) in [5.41, 5.74) is 1.84. The van der Waals surface area contributed by atoms with Gasteiger partial charge in [-0.3, -0.25) is 4.79 Å². The van der Waals surface area contributed by atoms with E-state index in [1.165, 1.54) is 19.2 Å². The predicted molar refractivity (Wildman–Crippen MR) is 157 cm³/mol. The van der Waals surface area contributed by atoms with E-state index in [9.17, 15) is 14.4 Å². The van der Waals surface area contributed by atoms with Gasteiger partial charge < -0.3 is 35.0 Å². The van der Waals surface area contributed by atoms with Gasteiger partial charge in [0.1, 0.15) is 18.1 Å². The average Bonchev–Trinajstić information content (AvgIpc) is 3.39. The van der Waals surface area contributed by atoms with Crippen molar-refractivity contribution in [3.63, 3.8) is 0 Å². The number of carboxylic acid groups (broad SMARTS) is 1. The first-order valence-corrected chi connectivity index (χ1v) is 13.4. The average molecular weight is 581 g/mol. The molecule has 0 aromatic heterocycles. The van der Waals surface area contributed by atoms with E-state index in [0.29, 0.717) is 34.4 Å². The highest BCUT2D eigenvalue weighted by Gasteiger charge is 2.36. The van der Waals surface area contributed by atoms with Crippen LogP contribution < -0.4 is 20.1 Å². The molecule has 0 radical (unpaired) electrons. The van der Waals surface area contributed by atoms with Crippen molar-refractivity contribution in [3.8, 4) is 11.5 Å². The van der Waals surface area contributed by atoms with Crippen LogP contribution in [0.4, 0.5) is 16.2 Å². The maximum absolute atomic E-state index is 13.5. The second kappa shape index (κ2) is 13.4. The molecule has 3 aromatic rings.